The SMILES string of the molecule is NC1CC2(CCOCC2)Oc2cc(F)ccc21. The Morgan fingerprint density at radius 2 is 2.06 bits per heavy atom. The number of halogens is 1. The summed E-state index contributed by atoms with van der Waals surface area (Å²) in [5.41, 5.74) is 6.81. The zero-order valence-electron chi connectivity index (χ0n) is 9.62. The molecule has 0 radical (unpaired) electrons. The summed E-state index contributed by atoms with van der Waals surface area (Å²) in [7, 11) is 0. The molecule has 2 heterocycles. The predicted molar refractivity (Wildman–Crippen MR) is 61.4 cm³/mol. The summed E-state index contributed by atoms with van der Waals surface area (Å²) >= 11 is 0. The third-order valence-corrected chi connectivity index (χ3v) is 3.70. The molecule has 0 amide bonds. The van der Waals surface area contributed by atoms with Gasteiger partial charge in [-0.15, -0.1) is 0 Å². The lowest BCUT2D eigenvalue weighted by atomic mass is 9.82. The maximum atomic E-state index is 13.2. The van der Waals surface area contributed by atoms with Crippen molar-refractivity contribution in [2.75, 3.05) is 13.2 Å². The minimum absolute atomic E-state index is 0.0718. The van der Waals surface area contributed by atoms with Crippen molar-refractivity contribution in [3.8, 4) is 5.75 Å². The lowest BCUT2D eigenvalue weighted by Crippen LogP contribution is -2.47. The van der Waals surface area contributed by atoms with Gasteiger partial charge in [-0.1, -0.05) is 6.07 Å². The minimum Gasteiger partial charge on any atom is -0.487 e. The van der Waals surface area contributed by atoms with Gasteiger partial charge in [0.2, 0.25) is 0 Å². The standard InChI is InChI=1S/C13H16FNO2/c14-9-1-2-10-11(15)8-13(17-12(10)7-9)3-5-16-6-4-13/h1-2,7,11H,3-6,8,15H2. The average molecular weight is 237 g/mol. The number of fused-ring (bicyclic) bond motifs is 1. The fourth-order valence-corrected chi connectivity index (χ4v) is 2.74. The summed E-state index contributed by atoms with van der Waals surface area (Å²) in [4.78, 5) is 0. The van der Waals surface area contributed by atoms with Crippen molar-refractivity contribution in [1.29, 1.82) is 0 Å². The van der Waals surface area contributed by atoms with E-state index in [1.54, 1.807) is 6.07 Å². The second-order valence-electron chi connectivity index (χ2n) is 4.89. The molecule has 2 aliphatic rings. The molecule has 4 heteroatoms. The Bertz CT molecular complexity index is 429. The van der Waals surface area contributed by atoms with Gasteiger partial charge in [-0.25, -0.2) is 4.39 Å². The molecule has 0 aliphatic carbocycles. The molecule has 0 saturated carbocycles. The van der Waals surface area contributed by atoms with E-state index in [4.69, 9.17) is 15.2 Å². The molecule has 1 spiro atoms. The maximum Gasteiger partial charge on any atom is 0.127 e. The van der Waals surface area contributed by atoms with E-state index in [1.165, 1.54) is 12.1 Å². The predicted octanol–water partition coefficient (Wildman–Crippen LogP) is 2.16. The lowest BCUT2D eigenvalue weighted by Gasteiger charge is -2.43. The molecule has 1 atom stereocenters. The van der Waals surface area contributed by atoms with Crippen LogP contribution in [0, 0.1) is 5.82 Å². The van der Waals surface area contributed by atoms with Crippen LogP contribution in [-0.2, 0) is 4.74 Å². The van der Waals surface area contributed by atoms with Crippen LogP contribution in [0.2, 0.25) is 0 Å². The number of hydrogen-bond donors (Lipinski definition) is 1. The monoisotopic (exact) mass is 237 g/mol. The van der Waals surface area contributed by atoms with Gasteiger partial charge in [0, 0.05) is 36.9 Å². The molecule has 2 N–H and O–H groups in total. The molecular formula is C13H16FNO2. The van der Waals surface area contributed by atoms with Gasteiger partial charge in [0.25, 0.3) is 0 Å². The smallest absolute Gasteiger partial charge is 0.127 e. The molecule has 92 valence electrons. The third kappa shape index (κ3) is 1.91. The molecule has 0 aromatic heterocycles. The fraction of sp³-hybridized carbons (Fsp3) is 0.538. The highest BCUT2D eigenvalue weighted by Crippen LogP contribution is 2.43. The quantitative estimate of drug-likeness (QED) is 0.752. The molecule has 1 aromatic carbocycles. The average Bonchev–Trinajstić information content (AvgIpc) is 2.29. The van der Waals surface area contributed by atoms with Crippen molar-refractivity contribution >= 4 is 0 Å². The van der Waals surface area contributed by atoms with Crippen LogP contribution in [0.4, 0.5) is 4.39 Å². The van der Waals surface area contributed by atoms with E-state index >= 15 is 0 Å². The first kappa shape index (κ1) is 11.0. The van der Waals surface area contributed by atoms with E-state index in [0.29, 0.717) is 19.0 Å². The lowest BCUT2D eigenvalue weighted by molar-refractivity contribution is -0.0622. The summed E-state index contributed by atoms with van der Waals surface area (Å²) in [5.74, 6) is 0.325. The van der Waals surface area contributed by atoms with Gasteiger partial charge >= 0.3 is 0 Å². The molecule has 2 aliphatic heterocycles. The normalized spacial score (nSPS) is 26.4. The van der Waals surface area contributed by atoms with E-state index in [1.807, 2.05) is 0 Å². The van der Waals surface area contributed by atoms with Gasteiger partial charge < -0.3 is 15.2 Å². The van der Waals surface area contributed by atoms with E-state index < -0.39 is 0 Å². The Kier molecular flexibility index (Phi) is 2.56. The summed E-state index contributed by atoms with van der Waals surface area (Å²) < 4.78 is 24.6. The molecule has 1 unspecified atom stereocenters. The van der Waals surface area contributed by atoms with Crippen molar-refractivity contribution in [1.82, 2.24) is 0 Å². The number of ether oxygens (including phenoxy) is 2. The Morgan fingerprint density at radius 3 is 2.82 bits per heavy atom. The van der Waals surface area contributed by atoms with Crippen molar-refractivity contribution in [3.05, 3.63) is 29.6 Å². The van der Waals surface area contributed by atoms with Crippen LogP contribution in [0.25, 0.3) is 0 Å². The van der Waals surface area contributed by atoms with Gasteiger partial charge in [-0.2, -0.15) is 0 Å². The summed E-state index contributed by atoms with van der Waals surface area (Å²) in [5, 5.41) is 0. The molecule has 1 saturated heterocycles. The largest absolute Gasteiger partial charge is 0.487 e. The van der Waals surface area contributed by atoms with Crippen LogP contribution in [0.5, 0.6) is 5.75 Å². The van der Waals surface area contributed by atoms with Crippen molar-refractivity contribution in [3.63, 3.8) is 0 Å². The van der Waals surface area contributed by atoms with Gasteiger partial charge in [0.1, 0.15) is 17.2 Å². The van der Waals surface area contributed by atoms with Crippen LogP contribution in [0.15, 0.2) is 18.2 Å². The molecule has 1 fully saturated rings. The second-order valence-corrected chi connectivity index (χ2v) is 4.89. The highest BCUT2D eigenvalue weighted by molar-refractivity contribution is 5.39. The summed E-state index contributed by atoms with van der Waals surface area (Å²) in [6, 6.07) is 4.52. The van der Waals surface area contributed by atoms with Crippen LogP contribution >= 0.6 is 0 Å². The van der Waals surface area contributed by atoms with Crippen molar-refractivity contribution < 1.29 is 13.9 Å². The molecule has 1 aromatic rings. The molecule has 3 nitrogen and oxygen atoms in total. The number of rotatable bonds is 0. The first-order chi connectivity index (χ1) is 8.19. The minimum atomic E-state index is -0.278. The van der Waals surface area contributed by atoms with Crippen LogP contribution in [-0.4, -0.2) is 18.8 Å². The van der Waals surface area contributed by atoms with Crippen LogP contribution in [0.3, 0.4) is 0 Å². The zero-order chi connectivity index (χ0) is 11.9. The van der Waals surface area contributed by atoms with Gasteiger partial charge in [-0.05, 0) is 6.07 Å². The van der Waals surface area contributed by atoms with Crippen LogP contribution < -0.4 is 10.5 Å². The van der Waals surface area contributed by atoms with Gasteiger partial charge in [0.15, 0.2) is 0 Å². The van der Waals surface area contributed by atoms with Gasteiger partial charge in [-0.3, -0.25) is 0 Å². The highest BCUT2D eigenvalue weighted by Gasteiger charge is 2.41. The summed E-state index contributed by atoms with van der Waals surface area (Å²) in [6.45, 7) is 1.38. The Hall–Kier alpha value is -1.13. The molecule has 17 heavy (non-hydrogen) atoms. The number of hydrogen-bond acceptors (Lipinski definition) is 3. The first-order valence-electron chi connectivity index (χ1n) is 6.00. The van der Waals surface area contributed by atoms with Crippen LogP contribution in [0.1, 0.15) is 30.9 Å². The maximum absolute atomic E-state index is 13.2. The number of nitrogens with two attached hydrogens (primary N) is 1. The van der Waals surface area contributed by atoms with Crippen molar-refractivity contribution in [2.24, 2.45) is 5.73 Å². The van der Waals surface area contributed by atoms with E-state index in [0.717, 1.165) is 24.8 Å². The Balaban J connectivity index is 1.95. The molecule has 3 rings (SSSR count). The fourth-order valence-electron chi connectivity index (χ4n) is 2.74. The Morgan fingerprint density at radius 1 is 1.29 bits per heavy atom. The number of benzene rings is 1. The highest BCUT2D eigenvalue weighted by atomic mass is 19.1. The van der Waals surface area contributed by atoms with E-state index in [-0.39, 0.29) is 17.5 Å². The van der Waals surface area contributed by atoms with Crippen molar-refractivity contribution in [2.45, 2.75) is 30.9 Å². The van der Waals surface area contributed by atoms with E-state index in [9.17, 15) is 4.39 Å². The Labute approximate surface area is 99.7 Å². The van der Waals surface area contributed by atoms with E-state index in [2.05, 4.69) is 0 Å². The topological polar surface area (TPSA) is 44.5 Å². The first-order valence-corrected chi connectivity index (χ1v) is 6.00. The third-order valence-electron chi connectivity index (χ3n) is 3.70. The molecule has 0 bridgehead atoms. The summed E-state index contributed by atoms with van der Waals surface area (Å²) in [6.07, 6.45) is 2.45. The molecular weight excluding hydrogens is 221 g/mol. The second kappa shape index (κ2) is 3.96. The zero-order valence-corrected chi connectivity index (χ0v) is 9.62. The van der Waals surface area contributed by atoms with Gasteiger partial charge in [0.05, 0.1) is 13.2 Å².